The van der Waals surface area contributed by atoms with Crippen LogP contribution in [0.3, 0.4) is 0 Å². The zero-order valence-corrected chi connectivity index (χ0v) is 7.58. The summed E-state index contributed by atoms with van der Waals surface area (Å²) in [5.41, 5.74) is 0. The summed E-state index contributed by atoms with van der Waals surface area (Å²) in [6.07, 6.45) is 0.302. The molecule has 0 amide bonds. The lowest BCUT2D eigenvalue weighted by Gasteiger charge is -2.09. The van der Waals surface area contributed by atoms with Crippen LogP contribution in [0.4, 0.5) is 8.78 Å². The maximum Gasteiger partial charge on any atom is 0.238 e. The maximum absolute atomic E-state index is 11.7. The third-order valence-electron chi connectivity index (χ3n) is 1.83. The van der Waals surface area contributed by atoms with E-state index in [4.69, 9.17) is 11.6 Å². The first-order valence-electron chi connectivity index (χ1n) is 4.04. The Kier molecular flexibility index (Phi) is 6.93. The molecule has 0 aliphatic rings. The molecule has 0 aromatic carbocycles. The summed E-state index contributed by atoms with van der Waals surface area (Å²) in [4.78, 5) is 0. The van der Waals surface area contributed by atoms with Crippen molar-refractivity contribution in [2.75, 3.05) is 5.88 Å². The Bertz CT molecular complexity index is 82.2. The molecular formula is C8H15ClF2. The molecule has 0 aliphatic heterocycles. The fourth-order valence-electron chi connectivity index (χ4n) is 0.951. The van der Waals surface area contributed by atoms with Crippen LogP contribution in [0.5, 0.6) is 0 Å². The van der Waals surface area contributed by atoms with E-state index in [1.54, 1.807) is 0 Å². The molecule has 0 aromatic rings. The molecule has 0 fully saturated rings. The van der Waals surface area contributed by atoms with Gasteiger partial charge in [-0.05, 0) is 18.8 Å². The van der Waals surface area contributed by atoms with Gasteiger partial charge in [0.2, 0.25) is 6.43 Å². The molecule has 0 aromatic heterocycles. The van der Waals surface area contributed by atoms with Crippen LogP contribution in [-0.2, 0) is 0 Å². The zero-order chi connectivity index (χ0) is 8.69. The van der Waals surface area contributed by atoms with Gasteiger partial charge in [0.15, 0.2) is 0 Å². The van der Waals surface area contributed by atoms with E-state index in [9.17, 15) is 8.78 Å². The van der Waals surface area contributed by atoms with E-state index in [0.29, 0.717) is 18.2 Å². The lowest BCUT2D eigenvalue weighted by atomic mass is 10.0. The molecule has 0 saturated heterocycles. The summed E-state index contributed by atoms with van der Waals surface area (Å²) < 4.78 is 23.3. The largest absolute Gasteiger partial charge is 0.238 e. The van der Waals surface area contributed by atoms with Gasteiger partial charge in [0.25, 0.3) is 0 Å². The molecular weight excluding hydrogens is 170 g/mol. The second-order valence-electron chi connectivity index (χ2n) is 2.75. The average Bonchev–Trinajstić information content (AvgIpc) is 1.98. The fourth-order valence-corrected chi connectivity index (χ4v) is 1.32. The summed E-state index contributed by atoms with van der Waals surface area (Å²) in [5, 5.41) is 0. The van der Waals surface area contributed by atoms with E-state index >= 15 is 0 Å². The molecule has 0 rings (SSSR count). The molecule has 11 heavy (non-hydrogen) atoms. The molecule has 0 nitrogen and oxygen atoms in total. The van der Waals surface area contributed by atoms with Crippen molar-refractivity contribution in [1.29, 1.82) is 0 Å². The molecule has 68 valence electrons. The van der Waals surface area contributed by atoms with Crippen molar-refractivity contribution < 1.29 is 8.78 Å². The van der Waals surface area contributed by atoms with Crippen LogP contribution < -0.4 is 0 Å². The number of rotatable bonds is 6. The van der Waals surface area contributed by atoms with Crippen molar-refractivity contribution in [3.8, 4) is 0 Å². The van der Waals surface area contributed by atoms with Crippen molar-refractivity contribution in [2.45, 2.75) is 39.0 Å². The van der Waals surface area contributed by atoms with Crippen molar-refractivity contribution in [2.24, 2.45) is 5.92 Å². The SMILES string of the molecule is CCC(CCl)CCCC(F)F. The van der Waals surface area contributed by atoms with E-state index in [2.05, 4.69) is 0 Å². The average molecular weight is 185 g/mol. The predicted octanol–water partition coefficient (Wildman–Crippen LogP) is 3.69. The van der Waals surface area contributed by atoms with Gasteiger partial charge in [0.05, 0.1) is 0 Å². The van der Waals surface area contributed by atoms with Crippen LogP contribution in [0.1, 0.15) is 32.6 Å². The Morgan fingerprint density at radius 2 is 1.91 bits per heavy atom. The second-order valence-corrected chi connectivity index (χ2v) is 3.06. The Balaban J connectivity index is 3.21. The summed E-state index contributed by atoms with van der Waals surface area (Å²) in [7, 11) is 0. The molecule has 0 aliphatic carbocycles. The first kappa shape index (κ1) is 11.2. The fraction of sp³-hybridized carbons (Fsp3) is 1.00. The first-order chi connectivity index (χ1) is 5.20. The van der Waals surface area contributed by atoms with E-state index in [1.807, 2.05) is 6.92 Å². The predicted molar refractivity (Wildman–Crippen MR) is 44.4 cm³/mol. The Labute approximate surface area is 71.9 Å². The quantitative estimate of drug-likeness (QED) is 0.553. The number of hydrogen-bond donors (Lipinski definition) is 0. The summed E-state index contributed by atoms with van der Waals surface area (Å²) >= 11 is 5.60. The minimum Gasteiger partial charge on any atom is -0.211 e. The van der Waals surface area contributed by atoms with Crippen LogP contribution in [-0.4, -0.2) is 12.3 Å². The van der Waals surface area contributed by atoms with Gasteiger partial charge in [0.1, 0.15) is 0 Å². The van der Waals surface area contributed by atoms with E-state index in [1.165, 1.54) is 0 Å². The number of halogens is 3. The van der Waals surface area contributed by atoms with Gasteiger partial charge < -0.3 is 0 Å². The Morgan fingerprint density at radius 3 is 2.27 bits per heavy atom. The zero-order valence-electron chi connectivity index (χ0n) is 6.82. The van der Waals surface area contributed by atoms with Gasteiger partial charge >= 0.3 is 0 Å². The Morgan fingerprint density at radius 1 is 1.27 bits per heavy atom. The van der Waals surface area contributed by atoms with Gasteiger partial charge in [0, 0.05) is 12.3 Å². The second kappa shape index (κ2) is 6.84. The Hall–Kier alpha value is 0.150. The molecule has 0 saturated carbocycles. The minimum atomic E-state index is -2.15. The van der Waals surface area contributed by atoms with Gasteiger partial charge in [-0.15, -0.1) is 11.6 Å². The smallest absolute Gasteiger partial charge is 0.211 e. The standard InChI is InChI=1S/C8H15ClF2/c1-2-7(6-9)4-3-5-8(10)11/h7-8H,2-6H2,1H3. The van der Waals surface area contributed by atoms with Crippen LogP contribution in [0.25, 0.3) is 0 Å². The monoisotopic (exact) mass is 184 g/mol. The van der Waals surface area contributed by atoms with Crippen LogP contribution >= 0.6 is 11.6 Å². The normalized spacial score (nSPS) is 13.9. The maximum atomic E-state index is 11.7. The van der Waals surface area contributed by atoms with E-state index < -0.39 is 6.43 Å². The van der Waals surface area contributed by atoms with Crippen LogP contribution in [0.2, 0.25) is 0 Å². The molecule has 0 radical (unpaired) electrons. The summed E-state index contributed by atoms with van der Waals surface area (Å²) in [6.45, 7) is 2.04. The highest BCUT2D eigenvalue weighted by Crippen LogP contribution is 2.15. The van der Waals surface area contributed by atoms with Crippen molar-refractivity contribution >= 4 is 11.6 Å². The molecule has 0 spiro atoms. The van der Waals surface area contributed by atoms with E-state index in [-0.39, 0.29) is 6.42 Å². The third kappa shape index (κ3) is 6.54. The van der Waals surface area contributed by atoms with Gasteiger partial charge in [-0.1, -0.05) is 13.3 Å². The topological polar surface area (TPSA) is 0 Å². The first-order valence-corrected chi connectivity index (χ1v) is 4.58. The highest BCUT2D eigenvalue weighted by atomic mass is 35.5. The highest BCUT2D eigenvalue weighted by Gasteiger charge is 2.06. The molecule has 0 N–H and O–H groups in total. The number of hydrogen-bond acceptors (Lipinski definition) is 0. The van der Waals surface area contributed by atoms with Crippen LogP contribution in [0.15, 0.2) is 0 Å². The number of alkyl halides is 3. The van der Waals surface area contributed by atoms with Gasteiger partial charge in [-0.2, -0.15) is 0 Å². The van der Waals surface area contributed by atoms with Crippen LogP contribution in [0, 0.1) is 5.92 Å². The molecule has 1 atom stereocenters. The lowest BCUT2D eigenvalue weighted by Crippen LogP contribution is -2.01. The molecule has 0 heterocycles. The summed E-state index contributed by atoms with van der Waals surface area (Å²) in [5.74, 6) is 1.02. The van der Waals surface area contributed by atoms with Gasteiger partial charge in [-0.3, -0.25) is 0 Å². The highest BCUT2D eigenvalue weighted by molar-refractivity contribution is 6.18. The third-order valence-corrected chi connectivity index (χ3v) is 2.27. The molecule has 1 unspecified atom stereocenters. The van der Waals surface area contributed by atoms with Crippen molar-refractivity contribution in [3.05, 3.63) is 0 Å². The van der Waals surface area contributed by atoms with E-state index in [0.717, 1.165) is 12.8 Å². The summed E-state index contributed by atoms with van der Waals surface area (Å²) in [6, 6.07) is 0. The lowest BCUT2D eigenvalue weighted by molar-refractivity contribution is 0.132. The molecule has 3 heteroatoms. The molecule has 0 bridgehead atoms. The van der Waals surface area contributed by atoms with Gasteiger partial charge in [-0.25, -0.2) is 8.78 Å². The minimum absolute atomic E-state index is 0.0212. The van der Waals surface area contributed by atoms with Crippen molar-refractivity contribution in [3.63, 3.8) is 0 Å². The van der Waals surface area contributed by atoms with Crippen molar-refractivity contribution in [1.82, 2.24) is 0 Å².